The van der Waals surface area contributed by atoms with Crippen molar-refractivity contribution in [2.24, 2.45) is 0 Å². The Labute approximate surface area is 214 Å². The van der Waals surface area contributed by atoms with Gasteiger partial charge in [-0.05, 0) is 48.1 Å². The van der Waals surface area contributed by atoms with E-state index in [-0.39, 0.29) is 22.4 Å². The number of fused-ring (bicyclic) bond motifs is 1. The average Bonchev–Trinajstić information content (AvgIpc) is 3.24. The minimum Gasteiger partial charge on any atom is -0.366 e. The molecule has 1 saturated heterocycles. The zero-order valence-electron chi connectivity index (χ0n) is 18.6. The number of halogens is 2. The summed E-state index contributed by atoms with van der Waals surface area (Å²) in [4.78, 5) is 8.95. The summed E-state index contributed by atoms with van der Waals surface area (Å²) in [5.41, 5.74) is 2.73. The number of benzene rings is 1. The molecule has 1 unspecified atom stereocenters. The van der Waals surface area contributed by atoms with Crippen LogP contribution in [-0.2, 0) is 16.6 Å². The minimum absolute atomic E-state index is 0.0477. The molecule has 0 bridgehead atoms. The summed E-state index contributed by atoms with van der Waals surface area (Å²) >= 11 is 12.2. The van der Waals surface area contributed by atoms with Gasteiger partial charge in [0.2, 0.25) is 10.0 Å². The Morgan fingerprint density at radius 1 is 1.17 bits per heavy atom. The molecule has 3 aromatic heterocycles. The van der Waals surface area contributed by atoms with E-state index in [1.165, 1.54) is 22.5 Å². The fourth-order valence-corrected chi connectivity index (χ4v) is 6.52. The lowest BCUT2D eigenvalue weighted by atomic mass is 9.95. The van der Waals surface area contributed by atoms with E-state index in [2.05, 4.69) is 15.4 Å². The molecule has 1 aliphatic rings. The first-order chi connectivity index (χ1) is 16.8. The molecular weight excluding hydrogens is 506 g/mol. The van der Waals surface area contributed by atoms with E-state index in [9.17, 15) is 8.42 Å². The summed E-state index contributed by atoms with van der Waals surface area (Å²) in [7, 11) is 2.34. The molecule has 5 rings (SSSR count). The summed E-state index contributed by atoms with van der Waals surface area (Å²) < 4.78 is 29.9. The molecule has 0 spiro atoms. The first-order valence-corrected chi connectivity index (χ1v) is 13.2. The molecule has 1 fully saturated rings. The van der Waals surface area contributed by atoms with Gasteiger partial charge >= 0.3 is 0 Å². The fraction of sp³-hybridized carbons (Fsp3) is 0.261. The number of rotatable bonds is 6. The maximum Gasteiger partial charge on any atom is 0.244 e. The molecule has 8 nitrogen and oxygen atoms in total. The Balaban J connectivity index is 1.45. The normalized spacial score (nSPS) is 17.0. The Morgan fingerprint density at radius 3 is 2.80 bits per heavy atom. The number of hydrogen-bond acceptors (Lipinski definition) is 6. The number of pyridine rings is 1. The van der Waals surface area contributed by atoms with Gasteiger partial charge in [-0.1, -0.05) is 29.3 Å². The van der Waals surface area contributed by atoms with Gasteiger partial charge in [0.1, 0.15) is 18.6 Å². The van der Waals surface area contributed by atoms with Crippen LogP contribution in [0, 0.1) is 0 Å². The van der Waals surface area contributed by atoms with E-state index in [1.54, 1.807) is 23.1 Å². The Kier molecular flexibility index (Phi) is 6.72. The zero-order valence-corrected chi connectivity index (χ0v) is 20.9. The molecule has 12 heteroatoms. The van der Waals surface area contributed by atoms with Gasteiger partial charge in [-0.15, -0.1) is 0 Å². The van der Waals surface area contributed by atoms with Crippen LogP contribution in [0.5, 0.6) is 0 Å². The van der Waals surface area contributed by atoms with Crippen LogP contribution in [0.15, 0.2) is 59.9 Å². The van der Waals surface area contributed by atoms with E-state index >= 15 is 0 Å². The summed E-state index contributed by atoms with van der Waals surface area (Å²) in [6.45, 7) is 1.22. The van der Waals surface area contributed by atoms with Crippen molar-refractivity contribution in [2.45, 2.75) is 30.2 Å². The van der Waals surface area contributed by atoms with Crippen LogP contribution in [0.2, 0.25) is 10.0 Å². The van der Waals surface area contributed by atoms with Crippen LogP contribution in [0.4, 0.5) is 5.82 Å². The van der Waals surface area contributed by atoms with Crippen molar-refractivity contribution in [2.75, 3.05) is 18.4 Å². The highest BCUT2D eigenvalue weighted by Gasteiger charge is 2.33. The van der Waals surface area contributed by atoms with Gasteiger partial charge in [-0.2, -0.15) is 13.9 Å². The maximum atomic E-state index is 13.4. The van der Waals surface area contributed by atoms with Gasteiger partial charge in [-0.3, -0.25) is 4.98 Å². The predicted octanol–water partition coefficient (Wildman–Crippen LogP) is 3.41. The third-order valence-electron chi connectivity index (χ3n) is 6.03. The minimum atomic E-state index is -3.80. The van der Waals surface area contributed by atoms with Crippen molar-refractivity contribution in [1.82, 2.24) is 23.9 Å². The zero-order chi connectivity index (χ0) is 24.6. The summed E-state index contributed by atoms with van der Waals surface area (Å²) in [5, 5.41) is 8.21. The highest BCUT2D eigenvalue weighted by atomic mass is 35.5. The fourth-order valence-electron chi connectivity index (χ4n) is 4.25. The average molecular weight is 527 g/mol. The third-order valence-corrected chi connectivity index (χ3v) is 8.61. The SMILES string of the molecule is [B]c1cnn2c(NCc3cccnc3)cc(C3CCCN(S(=O)(=O)c4ccc(Cl)cc4Cl)C3)nc12. The Hall–Kier alpha value is -2.66. The van der Waals surface area contributed by atoms with E-state index in [0.29, 0.717) is 41.5 Å². The van der Waals surface area contributed by atoms with Gasteiger partial charge in [0, 0.05) is 55.2 Å². The van der Waals surface area contributed by atoms with Gasteiger partial charge in [-0.25, -0.2) is 13.4 Å². The monoisotopic (exact) mass is 526 g/mol. The maximum absolute atomic E-state index is 13.4. The standard InChI is InChI=1S/C23H21BCl2N6O2S/c24-18-13-29-32-22(28-12-15-3-1-7-27-11-15)10-20(30-23(18)32)16-4-2-8-31(14-16)35(33,34)21-6-5-17(25)9-19(21)26/h1,3,5-7,9-11,13,16,28H,2,4,8,12,14H2. The summed E-state index contributed by atoms with van der Waals surface area (Å²) in [6, 6.07) is 10.2. The van der Waals surface area contributed by atoms with Gasteiger partial charge < -0.3 is 5.32 Å². The molecule has 1 N–H and O–H groups in total. The van der Waals surface area contributed by atoms with Crippen molar-refractivity contribution < 1.29 is 8.42 Å². The van der Waals surface area contributed by atoms with Crippen LogP contribution in [0.3, 0.4) is 0 Å². The molecule has 0 amide bonds. The molecule has 35 heavy (non-hydrogen) atoms. The van der Waals surface area contributed by atoms with Crippen molar-refractivity contribution >= 4 is 58.0 Å². The third kappa shape index (κ3) is 4.88. The smallest absolute Gasteiger partial charge is 0.244 e. The van der Waals surface area contributed by atoms with Crippen LogP contribution in [0.25, 0.3) is 5.65 Å². The lowest BCUT2D eigenvalue weighted by Gasteiger charge is -2.32. The molecular formula is C23H21BCl2N6O2S. The first-order valence-electron chi connectivity index (χ1n) is 11.0. The summed E-state index contributed by atoms with van der Waals surface area (Å²) in [5.74, 6) is 0.592. The molecule has 0 aliphatic carbocycles. The Bertz CT molecular complexity index is 1480. The van der Waals surface area contributed by atoms with Crippen LogP contribution in [-0.4, -0.2) is 53.2 Å². The highest BCUT2D eigenvalue weighted by Crippen LogP contribution is 2.33. The van der Waals surface area contributed by atoms with E-state index < -0.39 is 10.0 Å². The second kappa shape index (κ2) is 9.77. The van der Waals surface area contributed by atoms with E-state index in [0.717, 1.165) is 17.7 Å². The van der Waals surface area contributed by atoms with Crippen molar-refractivity contribution in [3.63, 3.8) is 0 Å². The molecule has 178 valence electrons. The predicted molar refractivity (Wildman–Crippen MR) is 137 cm³/mol. The van der Waals surface area contributed by atoms with Gasteiger partial charge in [0.15, 0.2) is 5.65 Å². The number of hydrogen-bond donors (Lipinski definition) is 1. The Morgan fingerprint density at radius 2 is 2.03 bits per heavy atom. The largest absolute Gasteiger partial charge is 0.366 e. The molecule has 1 atom stereocenters. The lowest BCUT2D eigenvalue weighted by Crippen LogP contribution is -2.39. The lowest BCUT2D eigenvalue weighted by molar-refractivity contribution is 0.313. The summed E-state index contributed by atoms with van der Waals surface area (Å²) in [6.07, 6.45) is 6.55. The molecule has 2 radical (unpaired) electrons. The highest BCUT2D eigenvalue weighted by molar-refractivity contribution is 7.89. The number of piperidine rings is 1. The van der Waals surface area contributed by atoms with Crippen molar-refractivity contribution in [3.8, 4) is 0 Å². The number of nitrogens with zero attached hydrogens (tertiary/aromatic N) is 5. The van der Waals surface area contributed by atoms with Crippen molar-refractivity contribution in [1.29, 1.82) is 0 Å². The second-order valence-electron chi connectivity index (χ2n) is 8.39. The van der Waals surface area contributed by atoms with E-state index in [4.69, 9.17) is 36.0 Å². The number of nitrogens with one attached hydrogen (secondary N) is 1. The molecule has 4 aromatic rings. The molecule has 4 heterocycles. The topological polar surface area (TPSA) is 92.5 Å². The van der Waals surface area contributed by atoms with Gasteiger partial charge in [0.25, 0.3) is 0 Å². The second-order valence-corrected chi connectivity index (χ2v) is 11.1. The van der Waals surface area contributed by atoms with Crippen LogP contribution >= 0.6 is 23.2 Å². The van der Waals surface area contributed by atoms with Crippen LogP contribution in [0.1, 0.15) is 30.0 Å². The molecule has 1 aliphatic heterocycles. The van der Waals surface area contributed by atoms with Crippen molar-refractivity contribution in [3.05, 3.63) is 76.3 Å². The molecule has 0 saturated carbocycles. The molecule has 1 aromatic carbocycles. The van der Waals surface area contributed by atoms with E-state index in [1.807, 2.05) is 18.2 Å². The van der Waals surface area contributed by atoms with Gasteiger partial charge in [0.05, 0.1) is 10.7 Å². The number of aromatic nitrogens is 4. The number of anilines is 1. The first kappa shape index (κ1) is 24.1. The number of sulfonamides is 1. The van der Waals surface area contributed by atoms with Crippen LogP contribution < -0.4 is 10.8 Å². The quantitative estimate of drug-likeness (QED) is 0.387.